The summed E-state index contributed by atoms with van der Waals surface area (Å²) >= 11 is 0. The van der Waals surface area contributed by atoms with Crippen molar-refractivity contribution in [2.45, 2.75) is 18.7 Å². The lowest BCUT2D eigenvalue weighted by atomic mass is 10.2. The van der Waals surface area contributed by atoms with Gasteiger partial charge >= 0.3 is 0 Å². The molecule has 4 nitrogen and oxygen atoms in total. The number of rotatable bonds is 4. The molecule has 0 aliphatic heterocycles. The van der Waals surface area contributed by atoms with Crippen molar-refractivity contribution < 1.29 is 13.2 Å². The average Bonchev–Trinajstić information content (AvgIpc) is 2.26. The summed E-state index contributed by atoms with van der Waals surface area (Å²) in [6, 6.07) is 6.60. The highest BCUT2D eigenvalue weighted by Crippen LogP contribution is 2.11. The highest BCUT2D eigenvalue weighted by Gasteiger charge is 2.05. The molecule has 0 aliphatic carbocycles. The number of nitrogens with zero attached hydrogens (tertiary/aromatic N) is 1. The third-order valence-corrected chi connectivity index (χ3v) is 3.33. The van der Waals surface area contributed by atoms with Crippen molar-refractivity contribution in [3.63, 3.8) is 0 Å². The Kier molecular flexibility index (Phi) is 4.09. The van der Waals surface area contributed by atoms with Crippen LogP contribution in [-0.2, 0) is 14.6 Å². The molecular weight excluding hydrogens is 226 g/mol. The molecule has 5 heteroatoms. The molecule has 0 aromatic heterocycles. The number of benzene rings is 1. The van der Waals surface area contributed by atoms with E-state index < -0.39 is 9.84 Å². The van der Waals surface area contributed by atoms with E-state index in [4.69, 9.17) is 4.74 Å². The molecule has 0 amide bonds. The first-order valence-electron chi connectivity index (χ1n) is 4.69. The molecule has 0 unspecified atom stereocenters. The predicted molar refractivity (Wildman–Crippen MR) is 62.8 cm³/mol. The van der Waals surface area contributed by atoms with Gasteiger partial charge in [-0.15, -0.1) is 0 Å². The first-order valence-corrected chi connectivity index (χ1v) is 6.24. The van der Waals surface area contributed by atoms with Crippen molar-refractivity contribution in [2.24, 2.45) is 4.99 Å². The minimum absolute atomic E-state index is 0.228. The molecule has 0 fully saturated rings. The van der Waals surface area contributed by atoms with E-state index in [1.165, 1.54) is 7.11 Å². The number of ether oxygens (including phenoxy) is 1. The maximum Gasteiger partial charge on any atom is 0.149 e. The van der Waals surface area contributed by atoms with E-state index in [-0.39, 0.29) is 4.90 Å². The zero-order valence-electron chi connectivity index (χ0n) is 9.47. The minimum atomic E-state index is -3.47. The van der Waals surface area contributed by atoms with Crippen LogP contribution in [-0.4, -0.2) is 21.1 Å². The first kappa shape index (κ1) is 12.7. The van der Waals surface area contributed by atoms with E-state index in [0.29, 0.717) is 6.23 Å². The molecule has 0 saturated heterocycles. The topological polar surface area (TPSA) is 55.7 Å². The number of hydrogen-bond donors (Lipinski definition) is 0. The van der Waals surface area contributed by atoms with E-state index in [1.54, 1.807) is 31.2 Å². The molecule has 0 spiro atoms. The number of sulfone groups is 1. The maximum absolute atomic E-state index is 11.7. The molecule has 88 valence electrons. The molecule has 16 heavy (non-hydrogen) atoms. The van der Waals surface area contributed by atoms with Crippen LogP contribution in [0.3, 0.4) is 0 Å². The summed E-state index contributed by atoms with van der Waals surface area (Å²) in [5, 5.41) is 0. The average molecular weight is 240 g/mol. The van der Waals surface area contributed by atoms with Gasteiger partial charge in [-0.25, -0.2) is 8.42 Å². The smallest absolute Gasteiger partial charge is 0.149 e. The standard InChI is InChI=1S/C11H14NO3S/c1-9-4-6-11(7-5-9)16(13,14)8-12-10(2)15-3/h4-8H,1-3H3/q-1/b12-8+. The van der Waals surface area contributed by atoms with Gasteiger partial charge in [-0.05, 0) is 30.8 Å². The van der Waals surface area contributed by atoms with E-state index >= 15 is 0 Å². The van der Waals surface area contributed by atoms with Gasteiger partial charge in [-0.2, -0.15) is 0 Å². The van der Waals surface area contributed by atoms with E-state index in [1.807, 2.05) is 6.92 Å². The van der Waals surface area contributed by atoms with Crippen LogP contribution in [0.25, 0.3) is 0 Å². The Morgan fingerprint density at radius 1 is 1.31 bits per heavy atom. The number of hydrogen-bond acceptors (Lipinski definition) is 4. The van der Waals surface area contributed by atoms with Crippen molar-refractivity contribution in [2.75, 3.05) is 7.11 Å². The second-order valence-electron chi connectivity index (χ2n) is 3.32. The summed E-state index contributed by atoms with van der Waals surface area (Å²) in [6.07, 6.45) is 0.302. The number of aryl methyl sites for hydroxylation is 1. The third kappa shape index (κ3) is 3.36. The van der Waals surface area contributed by atoms with Gasteiger partial charge in [0.25, 0.3) is 0 Å². The van der Waals surface area contributed by atoms with Gasteiger partial charge in [0.15, 0.2) is 0 Å². The lowest BCUT2D eigenvalue weighted by molar-refractivity contribution is 0.218. The zero-order chi connectivity index (χ0) is 12.2. The molecule has 0 atom stereocenters. The molecule has 0 bridgehead atoms. The van der Waals surface area contributed by atoms with Crippen molar-refractivity contribution in [3.05, 3.63) is 36.1 Å². The van der Waals surface area contributed by atoms with Gasteiger partial charge in [0.2, 0.25) is 0 Å². The molecular formula is C11H14NO3S-. The Balaban J connectivity index is 2.94. The summed E-state index contributed by atoms with van der Waals surface area (Å²) in [5.41, 5.74) is 1.91. The van der Waals surface area contributed by atoms with Crippen LogP contribution in [0.15, 0.2) is 34.2 Å². The van der Waals surface area contributed by atoms with Gasteiger partial charge in [0.05, 0.1) is 4.90 Å². The highest BCUT2D eigenvalue weighted by molar-refractivity contribution is 8.04. The van der Waals surface area contributed by atoms with Crippen LogP contribution in [0.5, 0.6) is 0 Å². The summed E-state index contributed by atoms with van der Waals surface area (Å²) in [7, 11) is -2.04. The van der Waals surface area contributed by atoms with Crippen LogP contribution in [0.2, 0.25) is 0 Å². The van der Waals surface area contributed by atoms with Crippen molar-refractivity contribution >= 4 is 15.4 Å². The number of aliphatic imine (C=N–C) groups is 1. The highest BCUT2D eigenvalue weighted by atomic mass is 32.2. The number of methoxy groups -OCH3 is 1. The third-order valence-electron chi connectivity index (χ3n) is 2.02. The van der Waals surface area contributed by atoms with Gasteiger partial charge in [-0.3, -0.25) is 0 Å². The molecule has 0 saturated carbocycles. The van der Waals surface area contributed by atoms with Crippen LogP contribution < -0.4 is 0 Å². The Bertz CT molecular complexity index is 463. The van der Waals surface area contributed by atoms with Gasteiger partial charge in [0.1, 0.15) is 9.84 Å². The lowest BCUT2D eigenvalue weighted by Gasteiger charge is -2.12. The predicted octanol–water partition coefficient (Wildman–Crippen LogP) is 1.95. The molecule has 1 aromatic carbocycles. The zero-order valence-corrected chi connectivity index (χ0v) is 10.3. The first-order chi connectivity index (χ1) is 7.45. The Morgan fingerprint density at radius 3 is 2.38 bits per heavy atom. The summed E-state index contributed by atoms with van der Waals surface area (Å²) < 4.78 is 28.2. The van der Waals surface area contributed by atoms with E-state index in [0.717, 1.165) is 11.1 Å². The fraction of sp³-hybridized carbons (Fsp3) is 0.273. The maximum atomic E-state index is 11.7. The fourth-order valence-electron chi connectivity index (χ4n) is 0.985. The summed E-state index contributed by atoms with van der Waals surface area (Å²) in [6.45, 7) is 3.48. The van der Waals surface area contributed by atoms with Crippen LogP contribution in [0.1, 0.15) is 12.5 Å². The lowest BCUT2D eigenvalue weighted by Crippen LogP contribution is -2.03. The Morgan fingerprint density at radius 2 is 1.88 bits per heavy atom. The fourth-order valence-corrected chi connectivity index (χ4v) is 1.91. The molecule has 0 radical (unpaired) electrons. The second kappa shape index (κ2) is 5.14. The Labute approximate surface area is 95.9 Å². The minimum Gasteiger partial charge on any atom is -0.424 e. The molecule has 0 heterocycles. The van der Waals surface area contributed by atoms with Crippen molar-refractivity contribution in [1.82, 2.24) is 0 Å². The quantitative estimate of drug-likeness (QED) is 0.459. The van der Waals surface area contributed by atoms with Gasteiger partial charge in [-0.1, -0.05) is 24.6 Å². The SMILES string of the molecule is CO[C-](C)/N=C/S(=O)(=O)c1ccc(C)cc1. The molecule has 0 N–H and O–H groups in total. The van der Waals surface area contributed by atoms with E-state index in [2.05, 4.69) is 4.99 Å². The second-order valence-corrected chi connectivity index (χ2v) is 5.09. The van der Waals surface area contributed by atoms with Gasteiger partial charge < -0.3 is 9.73 Å². The van der Waals surface area contributed by atoms with Gasteiger partial charge in [0, 0.05) is 7.11 Å². The van der Waals surface area contributed by atoms with E-state index in [9.17, 15) is 8.42 Å². The van der Waals surface area contributed by atoms with Crippen LogP contribution >= 0.6 is 0 Å². The summed E-state index contributed by atoms with van der Waals surface area (Å²) in [5.74, 6) is 0. The normalized spacial score (nSPS) is 11.9. The molecule has 0 aliphatic rings. The molecule has 1 rings (SSSR count). The largest absolute Gasteiger partial charge is 0.424 e. The van der Waals surface area contributed by atoms with Crippen molar-refractivity contribution in [3.8, 4) is 0 Å². The van der Waals surface area contributed by atoms with Crippen LogP contribution in [0, 0.1) is 13.2 Å². The van der Waals surface area contributed by atoms with Crippen molar-refractivity contribution in [1.29, 1.82) is 0 Å². The molecule has 1 aromatic rings. The van der Waals surface area contributed by atoms with Crippen LogP contribution in [0.4, 0.5) is 0 Å². The summed E-state index contributed by atoms with van der Waals surface area (Å²) in [4.78, 5) is 3.92. The monoisotopic (exact) mass is 240 g/mol. The Hall–Kier alpha value is -1.33.